The van der Waals surface area contributed by atoms with Crippen molar-refractivity contribution in [2.75, 3.05) is 0 Å². The van der Waals surface area contributed by atoms with Crippen molar-refractivity contribution in [1.29, 1.82) is 0 Å². The minimum Gasteiger partial charge on any atom is -0.489 e. The lowest BCUT2D eigenvalue weighted by Gasteiger charge is -2.17. The van der Waals surface area contributed by atoms with E-state index in [-0.39, 0.29) is 34.5 Å². The number of hydrogen-bond acceptors (Lipinski definition) is 8. The van der Waals surface area contributed by atoms with Gasteiger partial charge in [0.15, 0.2) is 12.2 Å². The zero-order valence-electron chi connectivity index (χ0n) is 17.2. The molecule has 1 aliphatic carbocycles. The summed E-state index contributed by atoms with van der Waals surface area (Å²) in [5.74, 6) is -1.01. The van der Waals surface area contributed by atoms with Gasteiger partial charge >= 0.3 is 6.16 Å². The number of fused-ring (bicyclic) bond motifs is 1. The molecule has 2 aromatic carbocycles. The van der Waals surface area contributed by atoms with Gasteiger partial charge in [0.2, 0.25) is 0 Å². The van der Waals surface area contributed by atoms with Crippen molar-refractivity contribution >= 4 is 22.1 Å². The first kappa shape index (κ1) is 22.7. The van der Waals surface area contributed by atoms with Gasteiger partial charge in [-0.3, -0.25) is 10.0 Å². The third-order valence-electron chi connectivity index (χ3n) is 5.14. The summed E-state index contributed by atoms with van der Waals surface area (Å²) in [6.45, 7) is 1.91. The van der Waals surface area contributed by atoms with Crippen LogP contribution in [0.5, 0.6) is 5.75 Å². The number of sulfonamides is 1. The molecule has 33 heavy (non-hydrogen) atoms. The molecule has 2 aromatic rings. The van der Waals surface area contributed by atoms with Gasteiger partial charge in [-0.15, -0.1) is 5.17 Å². The van der Waals surface area contributed by atoms with Crippen LogP contribution in [-0.2, 0) is 30.9 Å². The number of halogens is 1. The van der Waals surface area contributed by atoms with E-state index in [0.29, 0.717) is 5.75 Å². The van der Waals surface area contributed by atoms with Crippen molar-refractivity contribution in [3.05, 3.63) is 71.1 Å². The van der Waals surface area contributed by atoms with Crippen molar-refractivity contribution in [2.45, 2.75) is 37.1 Å². The second-order valence-electron chi connectivity index (χ2n) is 7.43. The van der Waals surface area contributed by atoms with Gasteiger partial charge in [0, 0.05) is 12.0 Å². The van der Waals surface area contributed by atoms with Crippen molar-refractivity contribution in [1.82, 2.24) is 10.0 Å². The molecule has 2 unspecified atom stereocenters. The number of amides is 1. The van der Waals surface area contributed by atoms with Crippen LogP contribution in [0.3, 0.4) is 0 Å². The summed E-state index contributed by atoms with van der Waals surface area (Å²) in [5, 5.41) is 9.81. The van der Waals surface area contributed by atoms with E-state index in [1.165, 1.54) is 42.5 Å². The summed E-state index contributed by atoms with van der Waals surface area (Å²) in [7, 11) is -4.29. The van der Waals surface area contributed by atoms with E-state index < -0.39 is 34.3 Å². The molecule has 2 N–H and O–H groups in total. The number of hydrazine groups is 1. The predicted molar refractivity (Wildman–Crippen MR) is 109 cm³/mol. The average molecular weight is 478 g/mol. The first-order valence-corrected chi connectivity index (χ1v) is 11.2. The topological polar surface area (TPSA) is 131 Å². The van der Waals surface area contributed by atoms with Crippen LogP contribution in [0.4, 0.5) is 9.18 Å². The Bertz CT molecular complexity index is 1230. The van der Waals surface area contributed by atoms with Crippen LogP contribution in [0.25, 0.3) is 0 Å². The van der Waals surface area contributed by atoms with Crippen molar-refractivity contribution in [3.63, 3.8) is 0 Å². The first-order valence-electron chi connectivity index (χ1n) is 9.74. The Morgan fingerprint density at radius 2 is 1.97 bits per heavy atom. The lowest BCUT2D eigenvalue weighted by atomic mass is 10.1. The Morgan fingerprint density at radius 3 is 2.64 bits per heavy atom. The SMILES string of the molecule is Cc1cc(F)ccc1COc1ccc(S(=O)(=O)NN(O)C(=O)C2=CC3OC(=O)OC3C2)cc1. The molecule has 0 saturated carbocycles. The molecule has 0 radical (unpaired) electrons. The number of carbonyl (C=O) groups is 2. The maximum Gasteiger partial charge on any atom is 0.509 e. The number of nitrogens with one attached hydrogen (secondary N) is 1. The maximum absolute atomic E-state index is 13.2. The number of rotatable bonds is 7. The highest BCUT2D eigenvalue weighted by atomic mass is 32.2. The molecule has 2 aliphatic rings. The van der Waals surface area contributed by atoms with E-state index in [4.69, 9.17) is 14.2 Å². The molecule has 1 heterocycles. The van der Waals surface area contributed by atoms with E-state index in [1.54, 1.807) is 17.8 Å². The monoisotopic (exact) mass is 478 g/mol. The molecular formula is C21H19FN2O8S. The van der Waals surface area contributed by atoms with Crippen LogP contribution < -0.4 is 9.57 Å². The van der Waals surface area contributed by atoms with Gasteiger partial charge in [-0.25, -0.2) is 17.6 Å². The fourth-order valence-electron chi connectivity index (χ4n) is 3.39. The fraction of sp³-hybridized carbons (Fsp3) is 0.238. The molecule has 10 nitrogen and oxygen atoms in total. The molecule has 174 valence electrons. The minimum atomic E-state index is -4.29. The molecule has 1 saturated heterocycles. The zero-order chi connectivity index (χ0) is 23.8. The van der Waals surface area contributed by atoms with Crippen LogP contribution in [-0.4, -0.2) is 43.1 Å². The fourth-order valence-corrected chi connectivity index (χ4v) is 4.30. The normalized spacial score (nSPS) is 19.4. The van der Waals surface area contributed by atoms with Gasteiger partial charge in [0.1, 0.15) is 18.2 Å². The molecule has 1 aliphatic heterocycles. The lowest BCUT2D eigenvalue weighted by molar-refractivity contribution is -0.167. The van der Waals surface area contributed by atoms with Gasteiger partial charge in [-0.05, 0) is 60.5 Å². The van der Waals surface area contributed by atoms with Crippen LogP contribution in [0.15, 0.2) is 59.0 Å². The first-order chi connectivity index (χ1) is 15.6. The summed E-state index contributed by atoms with van der Waals surface area (Å²) < 4.78 is 53.5. The van der Waals surface area contributed by atoms with E-state index in [1.807, 2.05) is 0 Å². The number of benzene rings is 2. The van der Waals surface area contributed by atoms with E-state index >= 15 is 0 Å². The molecule has 12 heteroatoms. The predicted octanol–water partition coefficient (Wildman–Crippen LogP) is 2.36. The third kappa shape index (κ3) is 4.97. The molecular weight excluding hydrogens is 459 g/mol. The molecule has 2 atom stereocenters. The van der Waals surface area contributed by atoms with Gasteiger partial charge in [-0.2, -0.15) is 0 Å². The second kappa shape index (κ2) is 8.81. The summed E-state index contributed by atoms with van der Waals surface area (Å²) in [6, 6.07) is 9.59. The molecule has 0 bridgehead atoms. The number of nitrogens with zero attached hydrogens (tertiary/aromatic N) is 1. The summed E-state index contributed by atoms with van der Waals surface area (Å²) in [6.07, 6.45) is -1.02. The standard InChI is InChI=1S/C21H19FN2O8S/c1-12-8-15(22)3-2-13(12)11-30-16-4-6-17(7-5-16)33(28,29)23-24(27)20(25)14-9-18-19(10-14)32-21(26)31-18/h2-9,18-19,23,27H,10-11H2,1H3. The molecule has 4 rings (SSSR count). The molecule has 0 spiro atoms. The maximum atomic E-state index is 13.2. The van der Waals surface area contributed by atoms with E-state index in [2.05, 4.69) is 0 Å². The Balaban J connectivity index is 1.36. The van der Waals surface area contributed by atoms with Gasteiger partial charge in [0.05, 0.1) is 4.90 Å². The quantitative estimate of drug-likeness (QED) is 0.352. The Morgan fingerprint density at radius 1 is 1.24 bits per heavy atom. The largest absolute Gasteiger partial charge is 0.509 e. The summed E-state index contributed by atoms with van der Waals surface area (Å²) in [5.41, 5.74) is 1.52. The number of aryl methyl sites for hydroxylation is 1. The van der Waals surface area contributed by atoms with Gasteiger partial charge in [0.25, 0.3) is 15.9 Å². The highest BCUT2D eigenvalue weighted by molar-refractivity contribution is 7.89. The van der Waals surface area contributed by atoms with Crippen LogP contribution in [0.2, 0.25) is 0 Å². The number of hydroxylamine groups is 1. The number of ether oxygens (including phenoxy) is 3. The highest BCUT2D eigenvalue weighted by Gasteiger charge is 2.43. The Hall–Kier alpha value is -3.48. The number of hydrogen-bond donors (Lipinski definition) is 2. The van der Waals surface area contributed by atoms with Crippen molar-refractivity contribution < 1.29 is 41.8 Å². The van der Waals surface area contributed by atoms with Crippen LogP contribution >= 0.6 is 0 Å². The Labute approximate surface area is 188 Å². The Kier molecular flexibility index (Phi) is 6.06. The zero-order valence-corrected chi connectivity index (χ0v) is 18.0. The van der Waals surface area contributed by atoms with Crippen LogP contribution in [0.1, 0.15) is 17.5 Å². The third-order valence-corrected chi connectivity index (χ3v) is 6.45. The smallest absolute Gasteiger partial charge is 0.489 e. The molecule has 0 aromatic heterocycles. The highest BCUT2D eigenvalue weighted by Crippen LogP contribution is 2.30. The number of carbonyl (C=O) groups excluding carboxylic acids is 2. The van der Waals surface area contributed by atoms with Gasteiger partial charge < -0.3 is 14.2 Å². The van der Waals surface area contributed by atoms with Crippen molar-refractivity contribution in [3.8, 4) is 5.75 Å². The van der Waals surface area contributed by atoms with E-state index in [0.717, 1.165) is 11.1 Å². The second-order valence-corrected chi connectivity index (χ2v) is 9.09. The minimum absolute atomic E-state index is 0.0202. The average Bonchev–Trinajstić information content (AvgIpc) is 3.30. The van der Waals surface area contributed by atoms with Crippen LogP contribution in [0, 0.1) is 12.7 Å². The van der Waals surface area contributed by atoms with E-state index in [9.17, 15) is 27.6 Å². The lowest BCUT2D eigenvalue weighted by Crippen LogP contribution is -2.44. The molecule has 1 fully saturated rings. The van der Waals surface area contributed by atoms with Crippen molar-refractivity contribution in [2.24, 2.45) is 0 Å². The summed E-state index contributed by atoms with van der Waals surface area (Å²) >= 11 is 0. The van der Waals surface area contributed by atoms with Gasteiger partial charge in [-0.1, -0.05) is 10.9 Å². The molecule has 1 amide bonds. The summed E-state index contributed by atoms with van der Waals surface area (Å²) in [4.78, 5) is 24.9.